The molecule has 0 saturated carbocycles. The molecule has 0 fully saturated rings. The molecule has 0 unspecified atom stereocenters. The summed E-state index contributed by atoms with van der Waals surface area (Å²) in [5, 5.41) is 7.80. The summed E-state index contributed by atoms with van der Waals surface area (Å²) in [6, 6.07) is 0. The van der Waals surface area contributed by atoms with E-state index < -0.39 is 0 Å². The largest absolute Gasteiger partial charge is 0.352 e. The lowest BCUT2D eigenvalue weighted by atomic mass is 9.97. The first-order valence-corrected chi connectivity index (χ1v) is 8.56. The van der Waals surface area contributed by atoms with Crippen molar-refractivity contribution >= 4 is 17.5 Å². The smallest absolute Gasteiger partial charge is 0.256 e. The van der Waals surface area contributed by atoms with Crippen LogP contribution >= 0.6 is 11.6 Å². The molecule has 22 heavy (non-hydrogen) atoms. The summed E-state index contributed by atoms with van der Waals surface area (Å²) < 4.78 is 1.72. The minimum absolute atomic E-state index is 0.117. The maximum atomic E-state index is 12.4. The van der Waals surface area contributed by atoms with E-state index in [0.717, 1.165) is 13.0 Å². The Bertz CT molecular complexity index is 560. The van der Waals surface area contributed by atoms with Crippen LogP contribution in [0.5, 0.6) is 0 Å². The van der Waals surface area contributed by atoms with Gasteiger partial charge in [0, 0.05) is 13.1 Å². The molecule has 0 atom stereocenters. The Balaban J connectivity index is 1.94. The first-order valence-electron chi connectivity index (χ1n) is 8.18. The fourth-order valence-corrected chi connectivity index (χ4v) is 3.16. The highest BCUT2D eigenvalue weighted by Crippen LogP contribution is 2.22. The van der Waals surface area contributed by atoms with Crippen LogP contribution in [0.1, 0.15) is 62.0 Å². The summed E-state index contributed by atoms with van der Waals surface area (Å²) in [4.78, 5) is 12.4. The fraction of sp³-hybridized carbons (Fsp3) is 0.647. The third-order valence-electron chi connectivity index (χ3n) is 3.95. The lowest BCUT2D eigenvalue weighted by Gasteiger charge is -2.13. The molecular formula is C17H26ClN3O. The van der Waals surface area contributed by atoms with Crippen LogP contribution in [0.15, 0.2) is 11.6 Å². The number of carbonyl (C=O) groups excluding carboxylic acids is 1. The van der Waals surface area contributed by atoms with E-state index in [1.807, 2.05) is 6.92 Å². The molecular weight excluding hydrogens is 298 g/mol. The second-order valence-corrected chi connectivity index (χ2v) is 6.80. The molecule has 5 heteroatoms. The van der Waals surface area contributed by atoms with Crippen molar-refractivity contribution in [1.82, 2.24) is 15.1 Å². The minimum atomic E-state index is -0.117. The molecule has 4 nitrogen and oxygen atoms in total. The van der Waals surface area contributed by atoms with Gasteiger partial charge in [0.1, 0.15) is 5.15 Å². The third kappa shape index (κ3) is 4.35. The molecule has 1 aromatic rings. The zero-order valence-electron chi connectivity index (χ0n) is 13.8. The van der Waals surface area contributed by atoms with E-state index in [1.54, 1.807) is 4.68 Å². The molecule has 1 aliphatic rings. The number of aryl methyl sites for hydroxylation is 1. The van der Waals surface area contributed by atoms with Crippen molar-refractivity contribution in [3.05, 3.63) is 28.1 Å². The number of rotatable bonds is 6. The van der Waals surface area contributed by atoms with Gasteiger partial charge in [-0.05, 0) is 44.9 Å². The molecule has 1 aliphatic carbocycles. The van der Waals surface area contributed by atoms with Crippen LogP contribution in [-0.4, -0.2) is 22.2 Å². The molecule has 1 N–H and O–H groups in total. The van der Waals surface area contributed by atoms with Gasteiger partial charge in [-0.25, -0.2) is 0 Å². The van der Waals surface area contributed by atoms with Crippen molar-refractivity contribution in [2.24, 2.45) is 5.92 Å². The van der Waals surface area contributed by atoms with Gasteiger partial charge < -0.3 is 5.32 Å². The van der Waals surface area contributed by atoms with Crippen LogP contribution in [-0.2, 0) is 6.54 Å². The molecule has 0 radical (unpaired) electrons. The molecule has 0 spiro atoms. The average molecular weight is 324 g/mol. The molecule has 122 valence electrons. The maximum absolute atomic E-state index is 12.4. The Morgan fingerprint density at radius 2 is 2.23 bits per heavy atom. The molecule has 0 aromatic carbocycles. The Kier molecular flexibility index (Phi) is 6.07. The number of halogens is 1. The molecule has 1 heterocycles. The molecule has 1 aromatic heterocycles. The normalized spacial score (nSPS) is 15.0. The molecule has 0 aliphatic heterocycles. The van der Waals surface area contributed by atoms with E-state index in [1.165, 1.54) is 31.3 Å². The fourth-order valence-electron chi connectivity index (χ4n) is 2.83. The van der Waals surface area contributed by atoms with Gasteiger partial charge >= 0.3 is 0 Å². The number of nitrogens with one attached hydrogen (secondary N) is 1. The van der Waals surface area contributed by atoms with Gasteiger partial charge in [-0.3, -0.25) is 9.48 Å². The van der Waals surface area contributed by atoms with Crippen molar-refractivity contribution in [2.45, 2.75) is 59.4 Å². The van der Waals surface area contributed by atoms with Gasteiger partial charge in [-0.2, -0.15) is 5.10 Å². The van der Waals surface area contributed by atoms with Gasteiger partial charge in [0.15, 0.2) is 0 Å². The average Bonchev–Trinajstić information content (AvgIpc) is 2.73. The number of allylic oxidation sites excluding steroid dienone is 1. The predicted molar refractivity (Wildman–Crippen MR) is 90.3 cm³/mol. The lowest BCUT2D eigenvalue weighted by Crippen LogP contribution is -2.25. The van der Waals surface area contributed by atoms with Gasteiger partial charge in [-0.1, -0.05) is 37.1 Å². The summed E-state index contributed by atoms with van der Waals surface area (Å²) in [5.41, 5.74) is 2.67. The van der Waals surface area contributed by atoms with Crippen LogP contribution < -0.4 is 5.32 Å². The summed E-state index contributed by atoms with van der Waals surface area (Å²) in [6.07, 6.45) is 8.15. The van der Waals surface area contributed by atoms with Crippen LogP contribution in [0.3, 0.4) is 0 Å². The number of aromatic nitrogens is 2. The minimum Gasteiger partial charge on any atom is -0.352 e. The Morgan fingerprint density at radius 1 is 1.45 bits per heavy atom. The SMILES string of the molecule is Cc1nn(CC(C)C)c(Cl)c1C(=O)NCCC1=CCCCC1. The van der Waals surface area contributed by atoms with E-state index in [0.29, 0.717) is 28.9 Å². The summed E-state index contributed by atoms with van der Waals surface area (Å²) in [6.45, 7) is 7.42. The summed E-state index contributed by atoms with van der Waals surface area (Å²) >= 11 is 6.32. The highest BCUT2D eigenvalue weighted by atomic mass is 35.5. The molecule has 0 saturated heterocycles. The monoisotopic (exact) mass is 323 g/mol. The number of amides is 1. The Labute approximate surface area is 137 Å². The van der Waals surface area contributed by atoms with E-state index in [2.05, 4.69) is 30.3 Å². The van der Waals surface area contributed by atoms with Crippen LogP contribution in [0.25, 0.3) is 0 Å². The van der Waals surface area contributed by atoms with Gasteiger partial charge in [0.25, 0.3) is 5.91 Å². The van der Waals surface area contributed by atoms with Crippen molar-refractivity contribution in [3.63, 3.8) is 0 Å². The second kappa shape index (κ2) is 7.82. The summed E-state index contributed by atoms with van der Waals surface area (Å²) in [5.74, 6) is 0.319. The van der Waals surface area contributed by atoms with Gasteiger partial charge in [-0.15, -0.1) is 0 Å². The number of nitrogens with zero attached hydrogens (tertiary/aromatic N) is 2. The Hall–Kier alpha value is -1.29. The molecule has 2 rings (SSSR count). The topological polar surface area (TPSA) is 46.9 Å². The van der Waals surface area contributed by atoms with Crippen LogP contribution in [0.2, 0.25) is 5.15 Å². The van der Waals surface area contributed by atoms with E-state index >= 15 is 0 Å². The van der Waals surface area contributed by atoms with Gasteiger partial charge in [0.2, 0.25) is 0 Å². The third-order valence-corrected chi connectivity index (χ3v) is 4.33. The van der Waals surface area contributed by atoms with E-state index in [9.17, 15) is 4.79 Å². The van der Waals surface area contributed by atoms with Crippen molar-refractivity contribution in [3.8, 4) is 0 Å². The van der Waals surface area contributed by atoms with E-state index in [4.69, 9.17) is 11.6 Å². The van der Waals surface area contributed by atoms with Crippen LogP contribution in [0, 0.1) is 12.8 Å². The molecule has 1 amide bonds. The quantitative estimate of drug-likeness (QED) is 0.800. The highest BCUT2D eigenvalue weighted by molar-refractivity contribution is 6.33. The first-order chi connectivity index (χ1) is 10.5. The number of carbonyl (C=O) groups is 1. The second-order valence-electron chi connectivity index (χ2n) is 6.44. The van der Waals surface area contributed by atoms with Crippen molar-refractivity contribution in [1.29, 1.82) is 0 Å². The number of hydrogen-bond donors (Lipinski definition) is 1. The zero-order valence-corrected chi connectivity index (χ0v) is 14.5. The zero-order chi connectivity index (χ0) is 16.1. The summed E-state index contributed by atoms with van der Waals surface area (Å²) in [7, 11) is 0. The molecule has 0 bridgehead atoms. The van der Waals surface area contributed by atoms with E-state index in [-0.39, 0.29) is 5.91 Å². The maximum Gasteiger partial charge on any atom is 0.256 e. The van der Waals surface area contributed by atoms with Crippen molar-refractivity contribution < 1.29 is 4.79 Å². The number of hydrogen-bond acceptors (Lipinski definition) is 2. The Morgan fingerprint density at radius 3 is 2.86 bits per heavy atom. The standard InChI is InChI=1S/C17H26ClN3O/c1-12(2)11-21-16(18)15(13(3)20-21)17(22)19-10-9-14-7-5-4-6-8-14/h7,12H,4-6,8-11H2,1-3H3,(H,19,22). The lowest BCUT2D eigenvalue weighted by molar-refractivity contribution is 0.0953. The highest BCUT2D eigenvalue weighted by Gasteiger charge is 2.20. The predicted octanol–water partition coefficient (Wildman–Crippen LogP) is 4.12. The van der Waals surface area contributed by atoms with Crippen LogP contribution in [0.4, 0.5) is 0 Å². The first kappa shape index (κ1) is 17.1. The van der Waals surface area contributed by atoms with Gasteiger partial charge in [0.05, 0.1) is 11.3 Å². The van der Waals surface area contributed by atoms with Crippen molar-refractivity contribution in [2.75, 3.05) is 6.54 Å².